The maximum absolute atomic E-state index is 5.86. The van der Waals surface area contributed by atoms with E-state index in [0.717, 1.165) is 11.1 Å². The molecule has 2 nitrogen and oxygen atoms in total. The smallest absolute Gasteiger partial charge is 0.0568 e. The predicted molar refractivity (Wildman–Crippen MR) is 78.1 cm³/mol. The third kappa shape index (κ3) is 3.99. The van der Waals surface area contributed by atoms with E-state index in [1.807, 2.05) is 48.5 Å². The van der Waals surface area contributed by atoms with Gasteiger partial charge >= 0.3 is 0 Å². The summed E-state index contributed by atoms with van der Waals surface area (Å²) in [6.07, 6.45) is 3.29. The monoisotopic (exact) mass is 276 g/mol. The Bertz CT molecular complexity index is 538. The average Bonchev–Trinajstić information content (AvgIpc) is 2.35. The molecule has 2 rings (SSSR count). The molecule has 2 aromatic rings. The lowest BCUT2D eigenvalue weighted by molar-refractivity contribution is 1.26. The van der Waals surface area contributed by atoms with Crippen molar-refractivity contribution < 1.29 is 0 Å². The van der Waals surface area contributed by atoms with Gasteiger partial charge < -0.3 is 0 Å². The Hall–Kier alpha value is -1.64. The second-order valence-electron chi connectivity index (χ2n) is 3.60. The standard InChI is InChI=1S/C14H10Cl2N2/c15-13-5-1-3-11(7-13)9-17-18-10-12-4-2-6-14(16)8-12/h1-10H/b17-9+,18-10+. The second kappa shape index (κ2) is 6.34. The third-order valence-electron chi connectivity index (χ3n) is 2.18. The van der Waals surface area contributed by atoms with Crippen LogP contribution in [0.5, 0.6) is 0 Å². The fourth-order valence-electron chi connectivity index (χ4n) is 1.37. The summed E-state index contributed by atoms with van der Waals surface area (Å²) in [5.41, 5.74) is 1.82. The van der Waals surface area contributed by atoms with Crippen molar-refractivity contribution in [3.05, 3.63) is 69.7 Å². The molecule has 0 bridgehead atoms. The second-order valence-corrected chi connectivity index (χ2v) is 4.47. The number of hydrogen-bond donors (Lipinski definition) is 0. The first-order chi connectivity index (χ1) is 8.74. The zero-order chi connectivity index (χ0) is 12.8. The molecule has 0 atom stereocenters. The van der Waals surface area contributed by atoms with Crippen LogP contribution in [0.2, 0.25) is 10.0 Å². The van der Waals surface area contributed by atoms with Crippen molar-refractivity contribution in [1.82, 2.24) is 0 Å². The first-order valence-electron chi connectivity index (χ1n) is 5.31. The highest BCUT2D eigenvalue weighted by atomic mass is 35.5. The minimum Gasteiger partial charge on any atom is -0.159 e. The fourth-order valence-corrected chi connectivity index (χ4v) is 1.77. The van der Waals surface area contributed by atoms with E-state index in [1.54, 1.807) is 12.4 Å². The van der Waals surface area contributed by atoms with Crippen molar-refractivity contribution in [3.8, 4) is 0 Å². The van der Waals surface area contributed by atoms with Crippen molar-refractivity contribution in [2.75, 3.05) is 0 Å². The molecule has 0 saturated heterocycles. The van der Waals surface area contributed by atoms with Crippen LogP contribution in [-0.2, 0) is 0 Å². The lowest BCUT2D eigenvalue weighted by Crippen LogP contribution is -1.81. The Morgan fingerprint density at radius 3 is 1.56 bits per heavy atom. The Balaban J connectivity index is 2.03. The highest BCUT2D eigenvalue weighted by Crippen LogP contribution is 2.10. The summed E-state index contributed by atoms with van der Waals surface area (Å²) in [5.74, 6) is 0. The SMILES string of the molecule is Clc1cccc(/C=N/N=C/c2cccc(Cl)c2)c1. The Labute approximate surface area is 116 Å². The molecule has 0 radical (unpaired) electrons. The average molecular weight is 277 g/mol. The lowest BCUT2D eigenvalue weighted by Gasteiger charge is -1.92. The van der Waals surface area contributed by atoms with Crippen molar-refractivity contribution in [2.24, 2.45) is 10.2 Å². The van der Waals surface area contributed by atoms with Gasteiger partial charge in [-0.2, -0.15) is 10.2 Å². The van der Waals surface area contributed by atoms with Gasteiger partial charge in [-0.1, -0.05) is 47.5 Å². The van der Waals surface area contributed by atoms with E-state index in [4.69, 9.17) is 23.2 Å². The van der Waals surface area contributed by atoms with Crippen LogP contribution in [0.1, 0.15) is 11.1 Å². The molecular weight excluding hydrogens is 267 g/mol. The van der Waals surface area contributed by atoms with Gasteiger partial charge in [0, 0.05) is 10.0 Å². The maximum atomic E-state index is 5.86. The van der Waals surface area contributed by atoms with Crippen molar-refractivity contribution in [1.29, 1.82) is 0 Å². The summed E-state index contributed by atoms with van der Waals surface area (Å²) in [6.45, 7) is 0. The van der Waals surface area contributed by atoms with Crippen LogP contribution >= 0.6 is 23.2 Å². The molecule has 0 N–H and O–H groups in total. The van der Waals surface area contributed by atoms with E-state index in [9.17, 15) is 0 Å². The first-order valence-corrected chi connectivity index (χ1v) is 6.07. The summed E-state index contributed by atoms with van der Waals surface area (Å²) >= 11 is 11.7. The molecule has 18 heavy (non-hydrogen) atoms. The van der Waals surface area contributed by atoms with Gasteiger partial charge in [0.05, 0.1) is 12.4 Å². The molecule has 0 aliphatic heterocycles. The van der Waals surface area contributed by atoms with E-state index in [2.05, 4.69) is 10.2 Å². The van der Waals surface area contributed by atoms with Crippen molar-refractivity contribution >= 4 is 35.6 Å². The molecule has 0 aliphatic rings. The normalized spacial score (nSPS) is 11.4. The molecular formula is C14H10Cl2N2. The van der Waals surface area contributed by atoms with E-state index in [-0.39, 0.29) is 0 Å². The summed E-state index contributed by atoms with van der Waals surface area (Å²) in [5, 5.41) is 9.26. The van der Waals surface area contributed by atoms with E-state index in [1.165, 1.54) is 0 Å². The third-order valence-corrected chi connectivity index (χ3v) is 2.65. The van der Waals surface area contributed by atoms with Crippen LogP contribution in [0.25, 0.3) is 0 Å². The van der Waals surface area contributed by atoms with Crippen LogP contribution in [0.15, 0.2) is 58.7 Å². The summed E-state index contributed by atoms with van der Waals surface area (Å²) in [6, 6.07) is 14.8. The van der Waals surface area contributed by atoms with E-state index >= 15 is 0 Å². The van der Waals surface area contributed by atoms with Gasteiger partial charge in [-0.15, -0.1) is 0 Å². The van der Waals surface area contributed by atoms with Gasteiger partial charge in [0.15, 0.2) is 0 Å². The van der Waals surface area contributed by atoms with Crippen LogP contribution in [0.3, 0.4) is 0 Å². The highest BCUT2D eigenvalue weighted by molar-refractivity contribution is 6.31. The zero-order valence-electron chi connectivity index (χ0n) is 9.42. The first kappa shape index (κ1) is 12.8. The molecule has 0 saturated carbocycles. The summed E-state index contributed by atoms with van der Waals surface area (Å²) in [4.78, 5) is 0. The molecule has 0 heterocycles. The Morgan fingerprint density at radius 1 is 0.722 bits per heavy atom. The van der Waals surface area contributed by atoms with Crippen LogP contribution in [0.4, 0.5) is 0 Å². The molecule has 0 aliphatic carbocycles. The van der Waals surface area contributed by atoms with Crippen molar-refractivity contribution in [3.63, 3.8) is 0 Å². The predicted octanol–water partition coefficient (Wildman–Crippen LogP) is 4.45. The quantitative estimate of drug-likeness (QED) is 0.585. The van der Waals surface area contributed by atoms with E-state index in [0.29, 0.717) is 10.0 Å². The Morgan fingerprint density at radius 2 is 1.17 bits per heavy atom. The Kier molecular flexibility index (Phi) is 4.51. The van der Waals surface area contributed by atoms with Crippen LogP contribution in [-0.4, -0.2) is 12.4 Å². The van der Waals surface area contributed by atoms with Gasteiger partial charge in [0.2, 0.25) is 0 Å². The van der Waals surface area contributed by atoms with Gasteiger partial charge in [0.25, 0.3) is 0 Å². The van der Waals surface area contributed by atoms with Gasteiger partial charge in [0.1, 0.15) is 0 Å². The fraction of sp³-hybridized carbons (Fsp3) is 0. The molecule has 0 aromatic heterocycles. The lowest BCUT2D eigenvalue weighted by atomic mass is 10.2. The molecule has 0 unspecified atom stereocenters. The zero-order valence-corrected chi connectivity index (χ0v) is 10.9. The number of benzene rings is 2. The summed E-state index contributed by atoms with van der Waals surface area (Å²) in [7, 11) is 0. The minimum absolute atomic E-state index is 0.678. The van der Waals surface area contributed by atoms with Gasteiger partial charge in [-0.3, -0.25) is 0 Å². The molecule has 0 spiro atoms. The minimum atomic E-state index is 0.678. The number of hydrogen-bond acceptors (Lipinski definition) is 2. The van der Waals surface area contributed by atoms with Gasteiger partial charge in [-0.25, -0.2) is 0 Å². The molecule has 0 fully saturated rings. The number of rotatable bonds is 3. The summed E-state index contributed by atoms with van der Waals surface area (Å²) < 4.78 is 0. The molecule has 2 aromatic carbocycles. The van der Waals surface area contributed by atoms with Crippen LogP contribution in [0, 0.1) is 0 Å². The number of nitrogens with zero attached hydrogens (tertiary/aromatic N) is 2. The van der Waals surface area contributed by atoms with Crippen molar-refractivity contribution in [2.45, 2.75) is 0 Å². The maximum Gasteiger partial charge on any atom is 0.0568 e. The van der Waals surface area contributed by atoms with E-state index < -0.39 is 0 Å². The molecule has 4 heteroatoms. The highest BCUT2D eigenvalue weighted by Gasteiger charge is 1.90. The number of halogens is 2. The molecule has 0 amide bonds. The molecule has 90 valence electrons. The largest absolute Gasteiger partial charge is 0.159 e. The topological polar surface area (TPSA) is 24.7 Å². The van der Waals surface area contributed by atoms with Crippen LogP contribution < -0.4 is 0 Å². The van der Waals surface area contributed by atoms with Gasteiger partial charge in [-0.05, 0) is 35.4 Å².